The molecule has 31 heavy (non-hydrogen) atoms. The number of hydrogen-bond acceptors (Lipinski definition) is 4. The number of hydrogen-bond donors (Lipinski definition) is 0. The third-order valence-electron chi connectivity index (χ3n) is 5.63. The summed E-state index contributed by atoms with van der Waals surface area (Å²) in [6.07, 6.45) is 0. The second kappa shape index (κ2) is 8.68. The lowest BCUT2D eigenvalue weighted by atomic mass is 10.0. The molecule has 0 N–H and O–H groups in total. The van der Waals surface area contributed by atoms with Gasteiger partial charge in [0.15, 0.2) is 5.78 Å². The standard InChI is InChI=1S/C25H27N5O/c1-17(2)21-10-12-22(13-11-21)25-26-28-30(27-25)16-24(31)23-14-18(3)29(19(23)4)15-20-8-6-5-7-9-20/h5-14,17H,15-16H2,1-4H3. The van der Waals surface area contributed by atoms with Gasteiger partial charge in [0.25, 0.3) is 0 Å². The van der Waals surface area contributed by atoms with Crippen LogP contribution < -0.4 is 0 Å². The van der Waals surface area contributed by atoms with Gasteiger partial charge in [-0.15, -0.1) is 10.2 Å². The molecule has 158 valence electrons. The van der Waals surface area contributed by atoms with Gasteiger partial charge in [0.05, 0.1) is 0 Å². The van der Waals surface area contributed by atoms with Crippen molar-refractivity contribution in [2.75, 3.05) is 0 Å². The molecule has 2 aromatic carbocycles. The SMILES string of the molecule is Cc1cc(C(=O)Cn2nnc(-c3ccc(C(C)C)cc3)n2)c(C)n1Cc1ccccc1. The molecule has 0 unspecified atom stereocenters. The number of carbonyl (C=O) groups excluding carboxylic acids is 1. The lowest BCUT2D eigenvalue weighted by Crippen LogP contribution is -2.14. The van der Waals surface area contributed by atoms with Gasteiger partial charge in [0, 0.05) is 29.1 Å². The quantitative estimate of drug-likeness (QED) is 0.408. The Morgan fingerprint density at radius 1 is 1.00 bits per heavy atom. The Kier molecular flexibility index (Phi) is 5.80. The van der Waals surface area contributed by atoms with E-state index in [1.807, 2.05) is 50.2 Å². The van der Waals surface area contributed by atoms with Crippen LogP contribution in [-0.2, 0) is 13.1 Å². The first-order valence-electron chi connectivity index (χ1n) is 10.5. The highest BCUT2D eigenvalue weighted by molar-refractivity contribution is 5.97. The first kappa shape index (κ1) is 20.7. The van der Waals surface area contributed by atoms with Crippen LogP contribution in [0.1, 0.15) is 52.6 Å². The van der Waals surface area contributed by atoms with E-state index in [2.05, 4.69) is 58.1 Å². The zero-order chi connectivity index (χ0) is 22.0. The predicted molar refractivity (Wildman–Crippen MR) is 121 cm³/mol. The molecule has 0 saturated carbocycles. The van der Waals surface area contributed by atoms with Gasteiger partial charge in [-0.1, -0.05) is 68.4 Å². The molecule has 6 nitrogen and oxygen atoms in total. The van der Waals surface area contributed by atoms with Crippen molar-refractivity contribution in [2.24, 2.45) is 0 Å². The second-order valence-corrected chi connectivity index (χ2v) is 8.20. The fourth-order valence-electron chi connectivity index (χ4n) is 3.75. The van der Waals surface area contributed by atoms with Crippen LogP contribution in [0, 0.1) is 13.8 Å². The van der Waals surface area contributed by atoms with E-state index >= 15 is 0 Å². The smallest absolute Gasteiger partial charge is 0.204 e. The summed E-state index contributed by atoms with van der Waals surface area (Å²) >= 11 is 0. The van der Waals surface area contributed by atoms with Crippen molar-refractivity contribution < 1.29 is 4.79 Å². The van der Waals surface area contributed by atoms with E-state index in [-0.39, 0.29) is 12.3 Å². The molecule has 0 spiro atoms. The van der Waals surface area contributed by atoms with Crippen molar-refractivity contribution in [1.29, 1.82) is 0 Å². The van der Waals surface area contributed by atoms with Crippen molar-refractivity contribution in [3.05, 3.63) is 88.7 Å². The second-order valence-electron chi connectivity index (χ2n) is 8.20. The number of ketones is 1. The average Bonchev–Trinajstić information content (AvgIpc) is 3.34. The van der Waals surface area contributed by atoms with Crippen molar-refractivity contribution in [2.45, 2.75) is 46.7 Å². The summed E-state index contributed by atoms with van der Waals surface area (Å²) < 4.78 is 2.17. The summed E-state index contributed by atoms with van der Waals surface area (Å²) in [4.78, 5) is 14.3. The van der Waals surface area contributed by atoms with E-state index in [1.165, 1.54) is 15.9 Å². The molecule has 0 amide bonds. The Morgan fingerprint density at radius 3 is 2.39 bits per heavy atom. The minimum atomic E-state index is -0.0217. The topological polar surface area (TPSA) is 65.6 Å². The highest BCUT2D eigenvalue weighted by Gasteiger charge is 2.18. The molecule has 0 aliphatic heterocycles. The number of rotatable bonds is 7. The molecule has 4 aromatic rings. The lowest BCUT2D eigenvalue weighted by molar-refractivity contribution is 0.0960. The maximum atomic E-state index is 13.0. The van der Waals surface area contributed by atoms with Gasteiger partial charge in [-0.2, -0.15) is 4.80 Å². The Bertz CT molecular complexity index is 1190. The van der Waals surface area contributed by atoms with E-state index < -0.39 is 0 Å². The minimum Gasteiger partial charge on any atom is -0.344 e. The van der Waals surface area contributed by atoms with E-state index in [9.17, 15) is 4.79 Å². The molecule has 2 heterocycles. The van der Waals surface area contributed by atoms with Crippen LogP contribution >= 0.6 is 0 Å². The van der Waals surface area contributed by atoms with Crippen molar-refractivity contribution >= 4 is 5.78 Å². The van der Waals surface area contributed by atoms with Crippen molar-refractivity contribution in [3.8, 4) is 11.4 Å². The fourth-order valence-corrected chi connectivity index (χ4v) is 3.75. The van der Waals surface area contributed by atoms with Gasteiger partial charge in [-0.05, 0) is 42.2 Å². The third kappa shape index (κ3) is 4.48. The molecule has 6 heteroatoms. The van der Waals surface area contributed by atoms with E-state index in [1.54, 1.807) is 0 Å². The summed E-state index contributed by atoms with van der Waals surface area (Å²) in [6.45, 7) is 9.13. The fraction of sp³-hybridized carbons (Fsp3) is 0.280. The van der Waals surface area contributed by atoms with Gasteiger partial charge >= 0.3 is 0 Å². The van der Waals surface area contributed by atoms with Crippen molar-refractivity contribution in [3.63, 3.8) is 0 Å². The summed E-state index contributed by atoms with van der Waals surface area (Å²) in [5.74, 6) is 0.973. The monoisotopic (exact) mass is 413 g/mol. The largest absolute Gasteiger partial charge is 0.344 e. The van der Waals surface area contributed by atoms with Gasteiger partial charge in [-0.3, -0.25) is 4.79 Å². The number of tetrazole rings is 1. The number of aryl methyl sites for hydroxylation is 1. The molecule has 0 atom stereocenters. The Morgan fingerprint density at radius 2 is 1.71 bits per heavy atom. The van der Waals surface area contributed by atoms with Crippen LogP contribution in [0.5, 0.6) is 0 Å². The maximum absolute atomic E-state index is 13.0. The van der Waals surface area contributed by atoms with Crippen LogP contribution in [0.4, 0.5) is 0 Å². The summed E-state index contributed by atoms with van der Waals surface area (Å²) in [5.41, 5.74) is 6.07. The van der Waals surface area contributed by atoms with Gasteiger partial charge in [-0.25, -0.2) is 0 Å². The summed E-state index contributed by atoms with van der Waals surface area (Å²) in [5, 5.41) is 12.6. The van der Waals surface area contributed by atoms with Crippen LogP contribution in [0.3, 0.4) is 0 Å². The van der Waals surface area contributed by atoms with E-state index in [0.29, 0.717) is 17.3 Å². The number of carbonyl (C=O) groups is 1. The molecular formula is C25H27N5O. The summed E-state index contributed by atoms with van der Waals surface area (Å²) in [7, 11) is 0. The minimum absolute atomic E-state index is 0.0217. The maximum Gasteiger partial charge on any atom is 0.204 e. The van der Waals surface area contributed by atoms with Crippen LogP contribution in [0.2, 0.25) is 0 Å². The van der Waals surface area contributed by atoms with Gasteiger partial charge in [0.1, 0.15) is 6.54 Å². The third-order valence-corrected chi connectivity index (χ3v) is 5.63. The molecular weight excluding hydrogens is 386 g/mol. The Labute approximate surface area is 182 Å². The average molecular weight is 414 g/mol. The van der Waals surface area contributed by atoms with Crippen LogP contribution in [0.25, 0.3) is 11.4 Å². The lowest BCUT2D eigenvalue weighted by Gasteiger charge is -2.10. The number of nitrogens with zero attached hydrogens (tertiary/aromatic N) is 5. The molecule has 0 bridgehead atoms. The Balaban J connectivity index is 1.50. The van der Waals surface area contributed by atoms with Crippen LogP contribution in [0.15, 0.2) is 60.7 Å². The van der Waals surface area contributed by atoms with E-state index in [4.69, 9.17) is 0 Å². The molecule has 0 fully saturated rings. The normalized spacial score (nSPS) is 11.3. The molecule has 2 aromatic heterocycles. The highest BCUT2D eigenvalue weighted by atomic mass is 16.1. The number of benzene rings is 2. The first-order chi connectivity index (χ1) is 14.9. The Hall–Kier alpha value is -3.54. The van der Waals surface area contributed by atoms with Gasteiger partial charge in [0.2, 0.25) is 5.82 Å². The molecule has 0 saturated heterocycles. The number of aromatic nitrogens is 5. The molecule has 0 radical (unpaired) electrons. The predicted octanol–water partition coefficient (Wildman–Crippen LogP) is 4.81. The van der Waals surface area contributed by atoms with Crippen LogP contribution in [-0.4, -0.2) is 30.6 Å². The zero-order valence-electron chi connectivity index (χ0n) is 18.4. The summed E-state index contributed by atoms with van der Waals surface area (Å²) in [6, 6.07) is 20.3. The molecule has 4 rings (SSSR count). The first-order valence-corrected chi connectivity index (χ1v) is 10.5. The zero-order valence-corrected chi connectivity index (χ0v) is 18.4. The highest BCUT2D eigenvalue weighted by Crippen LogP contribution is 2.20. The van der Waals surface area contributed by atoms with Crippen molar-refractivity contribution in [1.82, 2.24) is 24.8 Å². The number of Topliss-reactive ketones (excluding diaryl/α,β-unsaturated/α-hetero) is 1. The molecule has 0 aliphatic carbocycles. The van der Waals surface area contributed by atoms with E-state index in [0.717, 1.165) is 23.5 Å². The van der Waals surface area contributed by atoms with Gasteiger partial charge < -0.3 is 4.57 Å². The molecule has 0 aliphatic rings.